The number of benzene rings is 1. The first-order chi connectivity index (χ1) is 17.2. The number of fused-ring (bicyclic) bond motifs is 1. The zero-order valence-electron chi connectivity index (χ0n) is 20.6. The monoisotopic (exact) mass is 477 g/mol. The average Bonchev–Trinajstić information content (AvgIpc) is 3.29. The molecule has 2 aromatic heterocycles. The fraction of sp³-hybridized carbons (Fsp3) is 0.577. The van der Waals surface area contributed by atoms with Crippen molar-refractivity contribution in [2.24, 2.45) is 0 Å². The van der Waals surface area contributed by atoms with Gasteiger partial charge in [0.2, 0.25) is 5.95 Å². The van der Waals surface area contributed by atoms with Crippen LogP contribution in [0.5, 0.6) is 11.5 Å². The Balaban J connectivity index is 1.39. The molecule has 3 fully saturated rings. The lowest BCUT2D eigenvalue weighted by atomic mass is 10.0. The SMILES string of the molecule is COc1c(OCCCN2CCCC2)cc2nc(N3CCCC3)nc(N)c2c1-c1cc(C2CC2)[nH]n1. The molecule has 1 aliphatic carbocycles. The summed E-state index contributed by atoms with van der Waals surface area (Å²) < 4.78 is 12.3. The van der Waals surface area contributed by atoms with Crippen molar-refractivity contribution in [1.82, 2.24) is 25.1 Å². The Hall–Kier alpha value is -3.07. The molecule has 0 amide bonds. The Bertz CT molecular complexity index is 1190. The highest BCUT2D eigenvalue weighted by Gasteiger charge is 2.29. The second kappa shape index (κ2) is 9.53. The third kappa shape index (κ3) is 4.49. The van der Waals surface area contributed by atoms with Gasteiger partial charge in [-0.25, -0.2) is 4.98 Å². The molecule has 3 aromatic rings. The molecule has 9 nitrogen and oxygen atoms in total. The number of nitrogens with two attached hydrogens (primary N) is 1. The van der Waals surface area contributed by atoms with E-state index in [0.29, 0.717) is 35.8 Å². The minimum absolute atomic E-state index is 0.446. The van der Waals surface area contributed by atoms with Crippen LogP contribution in [0.3, 0.4) is 0 Å². The lowest BCUT2D eigenvalue weighted by molar-refractivity contribution is 0.255. The zero-order chi connectivity index (χ0) is 23.8. The Morgan fingerprint density at radius 2 is 1.83 bits per heavy atom. The van der Waals surface area contributed by atoms with Crippen molar-refractivity contribution in [3.63, 3.8) is 0 Å². The minimum Gasteiger partial charge on any atom is -0.492 e. The van der Waals surface area contributed by atoms with Gasteiger partial charge in [-0.05, 0) is 64.1 Å². The first-order valence-corrected chi connectivity index (χ1v) is 13.1. The van der Waals surface area contributed by atoms with Crippen LogP contribution in [0.4, 0.5) is 11.8 Å². The van der Waals surface area contributed by atoms with Gasteiger partial charge in [-0.15, -0.1) is 0 Å². The normalized spacial score (nSPS) is 18.6. The highest BCUT2D eigenvalue weighted by molar-refractivity contribution is 6.05. The number of hydrogen-bond donors (Lipinski definition) is 2. The maximum Gasteiger partial charge on any atom is 0.227 e. The van der Waals surface area contributed by atoms with Gasteiger partial charge >= 0.3 is 0 Å². The summed E-state index contributed by atoms with van der Waals surface area (Å²) in [6.07, 6.45) is 8.27. The van der Waals surface area contributed by atoms with Gasteiger partial charge < -0.3 is 25.0 Å². The Morgan fingerprint density at radius 1 is 1.06 bits per heavy atom. The molecule has 0 bridgehead atoms. The molecule has 6 rings (SSSR count). The van der Waals surface area contributed by atoms with Gasteiger partial charge in [0.05, 0.1) is 35.9 Å². The molecule has 0 unspecified atom stereocenters. The number of H-pyrrole nitrogens is 1. The highest BCUT2D eigenvalue weighted by atomic mass is 16.5. The first-order valence-electron chi connectivity index (χ1n) is 13.1. The van der Waals surface area contributed by atoms with E-state index in [1.807, 2.05) is 6.07 Å². The second-order valence-electron chi connectivity index (χ2n) is 10.0. The molecule has 1 aromatic carbocycles. The van der Waals surface area contributed by atoms with Crippen LogP contribution < -0.4 is 20.1 Å². The van der Waals surface area contributed by atoms with Gasteiger partial charge in [0.25, 0.3) is 0 Å². The van der Waals surface area contributed by atoms with Crippen LogP contribution in [0, 0.1) is 0 Å². The summed E-state index contributed by atoms with van der Waals surface area (Å²) >= 11 is 0. The van der Waals surface area contributed by atoms with Gasteiger partial charge in [-0.3, -0.25) is 5.10 Å². The van der Waals surface area contributed by atoms with Crippen molar-refractivity contribution in [1.29, 1.82) is 0 Å². The topological polar surface area (TPSA) is 105 Å². The number of aromatic nitrogens is 4. The molecule has 35 heavy (non-hydrogen) atoms. The number of hydrogen-bond acceptors (Lipinski definition) is 8. The number of anilines is 2. The second-order valence-corrected chi connectivity index (χ2v) is 10.0. The molecule has 3 aliphatic rings. The highest BCUT2D eigenvalue weighted by Crippen LogP contribution is 2.47. The fourth-order valence-electron chi connectivity index (χ4n) is 5.43. The number of methoxy groups -OCH3 is 1. The number of nitrogen functional groups attached to an aromatic ring is 1. The Labute approximate surface area is 206 Å². The number of ether oxygens (including phenoxy) is 2. The average molecular weight is 478 g/mol. The third-order valence-corrected chi connectivity index (χ3v) is 7.46. The summed E-state index contributed by atoms with van der Waals surface area (Å²) in [5, 5.41) is 8.63. The molecule has 3 N–H and O–H groups in total. The van der Waals surface area contributed by atoms with Crippen molar-refractivity contribution in [2.45, 2.75) is 50.9 Å². The molecule has 0 radical (unpaired) electrons. The minimum atomic E-state index is 0.446. The van der Waals surface area contributed by atoms with Crippen molar-refractivity contribution < 1.29 is 9.47 Å². The van der Waals surface area contributed by atoms with Crippen LogP contribution in [0.15, 0.2) is 12.1 Å². The summed E-state index contributed by atoms with van der Waals surface area (Å²) in [4.78, 5) is 14.4. The van der Waals surface area contributed by atoms with Crippen LogP contribution in [-0.2, 0) is 0 Å². The predicted molar refractivity (Wildman–Crippen MR) is 137 cm³/mol. The predicted octanol–water partition coefficient (Wildman–Crippen LogP) is 3.95. The molecule has 9 heteroatoms. The molecule has 0 spiro atoms. The van der Waals surface area contributed by atoms with Gasteiger partial charge in [-0.2, -0.15) is 10.1 Å². The first kappa shape index (κ1) is 22.4. The van der Waals surface area contributed by atoms with Crippen LogP contribution in [-0.4, -0.2) is 71.5 Å². The van der Waals surface area contributed by atoms with Crippen LogP contribution in [0.2, 0.25) is 0 Å². The molecule has 0 atom stereocenters. The molecule has 4 heterocycles. The molecule has 1 saturated carbocycles. The molecule has 2 saturated heterocycles. The summed E-state index contributed by atoms with van der Waals surface area (Å²) in [6, 6.07) is 4.07. The quantitative estimate of drug-likeness (QED) is 0.446. The van der Waals surface area contributed by atoms with Gasteiger partial charge in [0.1, 0.15) is 5.82 Å². The molecule has 186 valence electrons. The summed E-state index contributed by atoms with van der Waals surface area (Å²) in [5.41, 5.74) is 10.1. The van der Waals surface area contributed by atoms with Crippen LogP contribution >= 0.6 is 0 Å². The maximum absolute atomic E-state index is 6.59. The molecular weight excluding hydrogens is 442 g/mol. The van der Waals surface area contributed by atoms with E-state index in [2.05, 4.69) is 26.1 Å². The standard InChI is InChI=1S/C26H35N7O2/c1-34-24-21(35-14-6-11-32-9-2-3-10-32)16-19-23(22(24)20-15-18(30-31-20)17-7-8-17)25(27)29-26(28-19)33-12-4-5-13-33/h15-17H,2-14H2,1H3,(H,30,31)(H2,27,28,29). The lowest BCUT2D eigenvalue weighted by Crippen LogP contribution is -2.22. The van der Waals surface area contributed by atoms with E-state index in [1.165, 1.54) is 38.8 Å². The van der Waals surface area contributed by atoms with Gasteiger partial charge in [-0.1, -0.05) is 0 Å². The van der Waals surface area contributed by atoms with Gasteiger partial charge in [0, 0.05) is 37.3 Å². The fourth-order valence-corrected chi connectivity index (χ4v) is 5.43. The Morgan fingerprint density at radius 3 is 2.57 bits per heavy atom. The van der Waals surface area contributed by atoms with E-state index in [1.54, 1.807) is 7.11 Å². The number of nitrogens with one attached hydrogen (secondary N) is 1. The maximum atomic E-state index is 6.59. The van der Waals surface area contributed by atoms with Crippen molar-refractivity contribution >= 4 is 22.7 Å². The number of nitrogens with zero attached hydrogens (tertiary/aromatic N) is 5. The van der Waals surface area contributed by atoms with Crippen molar-refractivity contribution in [3.05, 3.63) is 17.8 Å². The number of aromatic amines is 1. The molecule has 2 aliphatic heterocycles. The smallest absolute Gasteiger partial charge is 0.227 e. The van der Waals surface area contributed by atoms with Gasteiger partial charge in [0.15, 0.2) is 11.5 Å². The van der Waals surface area contributed by atoms with Crippen molar-refractivity contribution in [2.75, 3.05) is 57.1 Å². The van der Waals surface area contributed by atoms with E-state index < -0.39 is 0 Å². The Kier molecular flexibility index (Phi) is 6.10. The third-order valence-electron chi connectivity index (χ3n) is 7.46. The number of likely N-dealkylation sites (tertiary alicyclic amines) is 1. The molecular formula is C26H35N7O2. The van der Waals surface area contributed by atoms with E-state index in [0.717, 1.165) is 66.8 Å². The van der Waals surface area contributed by atoms with E-state index >= 15 is 0 Å². The largest absolute Gasteiger partial charge is 0.492 e. The van der Waals surface area contributed by atoms with Crippen LogP contribution in [0.1, 0.15) is 56.6 Å². The van der Waals surface area contributed by atoms with E-state index in [9.17, 15) is 0 Å². The lowest BCUT2D eigenvalue weighted by Gasteiger charge is -2.20. The zero-order valence-corrected chi connectivity index (χ0v) is 20.6. The van der Waals surface area contributed by atoms with E-state index in [-0.39, 0.29) is 0 Å². The van der Waals surface area contributed by atoms with Crippen LogP contribution in [0.25, 0.3) is 22.2 Å². The van der Waals surface area contributed by atoms with Crippen molar-refractivity contribution in [3.8, 4) is 22.8 Å². The summed E-state index contributed by atoms with van der Waals surface area (Å²) in [6.45, 7) is 5.98. The summed E-state index contributed by atoms with van der Waals surface area (Å²) in [7, 11) is 1.67. The van der Waals surface area contributed by atoms with E-state index in [4.69, 9.17) is 25.2 Å². The number of rotatable bonds is 9. The summed E-state index contributed by atoms with van der Waals surface area (Å²) in [5.74, 6) is 3.01.